The van der Waals surface area contributed by atoms with Crippen LogP contribution >= 0.6 is 0 Å². The summed E-state index contributed by atoms with van der Waals surface area (Å²) in [5.41, 5.74) is 0.798. The summed E-state index contributed by atoms with van der Waals surface area (Å²) in [6.45, 7) is 0.298. The highest BCUT2D eigenvalue weighted by molar-refractivity contribution is 6.12. The van der Waals surface area contributed by atoms with E-state index < -0.39 is 5.92 Å². The van der Waals surface area contributed by atoms with Crippen molar-refractivity contribution >= 4 is 11.6 Å². The molecule has 0 heterocycles. The minimum absolute atomic E-state index is 0.0501. The van der Waals surface area contributed by atoms with E-state index in [0.717, 1.165) is 11.3 Å². The first kappa shape index (κ1) is 12.9. The SMILES string of the molecule is O=C1C=C(COc2ccccc2)C2CC=CCC1C2=O. The monoisotopic (exact) mass is 268 g/mol. The van der Waals surface area contributed by atoms with Gasteiger partial charge in [0.15, 0.2) is 11.6 Å². The molecular weight excluding hydrogens is 252 g/mol. The number of ether oxygens (including phenoxy) is 1. The zero-order valence-electron chi connectivity index (χ0n) is 11.1. The van der Waals surface area contributed by atoms with Gasteiger partial charge in [0.25, 0.3) is 0 Å². The minimum Gasteiger partial charge on any atom is -0.489 e. The molecule has 3 heteroatoms. The Bertz CT molecular complexity index is 584. The Balaban J connectivity index is 1.78. The van der Waals surface area contributed by atoms with Gasteiger partial charge in [0.05, 0.1) is 5.92 Å². The first-order valence-electron chi connectivity index (χ1n) is 6.86. The molecule has 2 unspecified atom stereocenters. The highest BCUT2D eigenvalue weighted by Crippen LogP contribution is 2.31. The number of rotatable bonds is 3. The number of allylic oxidation sites excluding steroid dienone is 3. The van der Waals surface area contributed by atoms with Crippen LogP contribution in [0.3, 0.4) is 0 Å². The zero-order valence-corrected chi connectivity index (χ0v) is 11.1. The van der Waals surface area contributed by atoms with Gasteiger partial charge >= 0.3 is 0 Å². The van der Waals surface area contributed by atoms with E-state index in [9.17, 15) is 9.59 Å². The average molecular weight is 268 g/mol. The maximum absolute atomic E-state index is 12.3. The first-order valence-corrected chi connectivity index (χ1v) is 6.86. The molecule has 2 aliphatic carbocycles. The van der Waals surface area contributed by atoms with Crippen molar-refractivity contribution in [2.45, 2.75) is 12.8 Å². The topological polar surface area (TPSA) is 43.4 Å². The fourth-order valence-electron chi connectivity index (χ4n) is 2.74. The summed E-state index contributed by atoms with van der Waals surface area (Å²) in [5, 5.41) is 0. The smallest absolute Gasteiger partial charge is 0.166 e. The summed E-state index contributed by atoms with van der Waals surface area (Å²) in [7, 11) is 0. The minimum atomic E-state index is -0.473. The molecular formula is C17H16O3. The predicted molar refractivity (Wildman–Crippen MR) is 75.4 cm³/mol. The number of ketones is 2. The van der Waals surface area contributed by atoms with Crippen molar-refractivity contribution < 1.29 is 14.3 Å². The largest absolute Gasteiger partial charge is 0.489 e. The van der Waals surface area contributed by atoms with E-state index in [1.165, 1.54) is 0 Å². The molecule has 0 saturated carbocycles. The van der Waals surface area contributed by atoms with Gasteiger partial charge in [-0.25, -0.2) is 0 Å². The van der Waals surface area contributed by atoms with Gasteiger partial charge in [-0.05, 0) is 36.6 Å². The lowest BCUT2D eigenvalue weighted by Crippen LogP contribution is -2.35. The number of fused-ring (bicyclic) bond motifs is 2. The molecule has 1 aromatic carbocycles. The zero-order chi connectivity index (χ0) is 13.9. The number of hydrogen-bond acceptors (Lipinski definition) is 3. The third-order valence-corrected chi connectivity index (χ3v) is 3.86. The molecule has 102 valence electrons. The number of carbonyl (C=O) groups is 2. The van der Waals surface area contributed by atoms with Crippen LogP contribution in [0.25, 0.3) is 0 Å². The van der Waals surface area contributed by atoms with Gasteiger partial charge in [0.1, 0.15) is 12.4 Å². The van der Waals surface area contributed by atoms with Crippen LogP contribution in [0.4, 0.5) is 0 Å². The lowest BCUT2D eigenvalue weighted by atomic mass is 9.78. The molecule has 0 aromatic heterocycles. The number of carbonyl (C=O) groups excluding carboxylic acids is 2. The molecule has 3 rings (SSSR count). The molecule has 0 fully saturated rings. The van der Waals surface area contributed by atoms with E-state index >= 15 is 0 Å². The van der Waals surface area contributed by atoms with Crippen LogP contribution in [0.1, 0.15) is 12.8 Å². The second-order valence-electron chi connectivity index (χ2n) is 5.17. The molecule has 0 radical (unpaired) electrons. The van der Waals surface area contributed by atoms with E-state index in [-0.39, 0.29) is 17.5 Å². The molecule has 2 bridgehead atoms. The molecule has 0 N–H and O–H groups in total. The predicted octanol–water partition coefficient (Wildman–Crippen LogP) is 2.73. The van der Waals surface area contributed by atoms with Crippen molar-refractivity contribution in [2.24, 2.45) is 11.8 Å². The van der Waals surface area contributed by atoms with Crippen molar-refractivity contribution in [3.63, 3.8) is 0 Å². The lowest BCUT2D eigenvalue weighted by molar-refractivity contribution is -0.133. The second-order valence-corrected chi connectivity index (χ2v) is 5.17. The maximum atomic E-state index is 12.3. The Morgan fingerprint density at radius 2 is 1.70 bits per heavy atom. The van der Waals surface area contributed by atoms with Crippen molar-refractivity contribution in [3.05, 3.63) is 54.1 Å². The summed E-state index contributed by atoms with van der Waals surface area (Å²) in [5.74, 6) is 0.0533. The molecule has 0 spiro atoms. The molecule has 20 heavy (non-hydrogen) atoms. The van der Waals surface area contributed by atoms with E-state index in [1.54, 1.807) is 6.08 Å². The lowest BCUT2D eigenvalue weighted by Gasteiger charge is -2.25. The van der Waals surface area contributed by atoms with Crippen LogP contribution in [-0.4, -0.2) is 18.2 Å². The van der Waals surface area contributed by atoms with Gasteiger partial charge in [-0.2, -0.15) is 0 Å². The van der Waals surface area contributed by atoms with Crippen molar-refractivity contribution in [2.75, 3.05) is 6.61 Å². The van der Waals surface area contributed by atoms with Gasteiger partial charge < -0.3 is 4.74 Å². The highest BCUT2D eigenvalue weighted by Gasteiger charge is 2.38. The molecule has 0 saturated heterocycles. The standard InChI is InChI=1S/C17H16O3/c18-16-10-12(11-20-13-6-2-1-3-7-13)14-8-4-5-9-15(16)17(14)19/h1-7,10,14-15H,8-9,11H2. The molecule has 3 nitrogen and oxygen atoms in total. The Labute approximate surface area is 117 Å². The molecule has 2 atom stereocenters. The maximum Gasteiger partial charge on any atom is 0.166 e. The van der Waals surface area contributed by atoms with Crippen LogP contribution in [0.5, 0.6) is 5.75 Å². The van der Waals surface area contributed by atoms with Crippen molar-refractivity contribution in [1.82, 2.24) is 0 Å². The normalized spacial score (nSPS) is 25.1. The fourth-order valence-corrected chi connectivity index (χ4v) is 2.74. The van der Waals surface area contributed by atoms with E-state index in [0.29, 0.717) is 19.4 Å². The Morgan fingerprint density at radius 3 is 2.45 bits per heavy atom. The number of hydrogen-bond donors (Lipinski definition) is 0. The Kier molecular flexibility index (Phi) is 3.50. The van der Waals surface area contributed by atoms with Gasteiger partial charge in [-0.15, -0.1) is 0 Å². The van der Waals surface area contributed by atoms with Crippen LogP contribution < -0.4 is 4.74 Å². The highest BCUT2D eigenvalue weighted by atomic mass is 16.5. The molecule has 2 aliphatic rings. The first-order chi connectivity index (χ1) is 9.75. The van der Waals surface area contributed by atoms with Crippen LogP contribution in [0.15, 0.2) is 54.1 Å². The van der Waals surface area contributed by atoms with Crippen molar-refractivity contribution in [1.29, 1.82) is 0 Å². The Morgan fingerprint density at radius 1 is 1.00 bits per heavy atom. The number of benzene rings is 1. The summed E-state index contributed by atoms with van der Waals surface area (Å²) < 4.78 is 5.68. The summed E-state index contributed by atoms with van der Waals surface area (Å²) >= 11 is 0. The third-order valence-electron chi connectivity index (χ3n) is 3.86. The van der Waals surface area contributed by atoms with Crippen molar-refractivity contribution in [3.8, 4) is 5.75 Å². The van der Waals surface area contributed by atoms with Gasteiger partial charge in [-0.1, -0.05) is 30.4 Å². The summed E-state index contributed by atoms with van der Waals surface area (Å²) in [6, 6.07) is 9.43. The number of para-hydroxylation sites is 1. The third kappa shape index (κ3) is 2.44. The van der Waals surface area contributed by atoms with Crippen LogP contribution in [-0.2, 0) is 9.59 Å². The average Bonchev–Trinajstić information content (AvgIpc) is 2.61. The second kappa shape index (κ2) is 5.45. The quantitative estimate of drug-likeness (QED) is 0.625. The molecule has 0 aliphatic heterocycles. The number of Topliss-reactive ketones (excluding diaryl/α,β-unsaturated/α-hetero) is 1. The van der Waals surface area contributed by atoms with Crippen LogP contribution in [0, 0.1) is 11.8 Å². The Hall–Kier alpha value is -2.16. The van der Waals surface area contributed by atoms with E-state index in [2.05, 4.69) is 0 Å². The van der Waals surface area contributed by atoms with Gasteiger partial charge in [-0.3, -0.25) is 9.59 Å². The molecule has 0 amide bonds. The van der Waals surface area contributed by atoms with Gasteiger partial charge in [0.2, 0.25) is 0 Å². The van der Waals surface area contributed by atoms with Gasteiger partial charge in [0, 0.05) is 5.92 Å². The summed E-state index contributed by atoms with van der Waals surface area (Å²) in [6.07, 6.45) is 6.77. The molecule has 1 aromatic rings. The van der Waals surface area contributed by atoms with E-state index in [4.69, 9.17) is 4.74 Å². The summed E-state index contributed by atoms with van der Waals surface area (Å²) in [4.78, 5) is 24.3. The fraction of sp³-hybridized carbons (Fsp3) is 0.294. The van der Waals surface area contributed by atoms with Crippen LogP contribution in [0.2, 0.25) is 0 Å². The van der Waals surface area contributed by atoms with E-state index in [1.807, 2.05) is 42.5 Å².